The molecule has 0 aliphatic carbocycles. The van der Waals surface area contributed by atoms with Gasteiger partial charge in [0.1, 0.15) is 0 Å². The van der Waals surface area contributed by atoms with E-state index in [0.29, 0.717) is 5.70 Å². The second kappa shape index (κ2) is 9.45. The summed E-state index contributed by atoms with van der Waals surface area (Å²) in [6.07, 6.45) is 3.30. The van der Waals surface area contributed by atoms with Crippen molar-refractivity contribution in [2.45, 2.75) is 20.4 Å². The summed E-state index contributed by atoms with van der Waals surface area (Å²) < 4.78 is 0. The molecule has 5 N–H and O–H groups in total. The number of hydrogen-bond acceptors (Lipinski definition) is 3. The third kappa shape index (κ3) is 4.22. The Morgan fingerprint density at radius 2 is 1.59 bits per heavy atom. The Balaban J connectivity index is 0.00000106. The molecule has 118 valence electrons. The van der Waals surface area contributed by atoms with E-state index < -0.39 is 0 Å². The van der Waals surface area contributed by atoms with Gasteiger partial charge in [0, 0.05) is 27.6 Å². The molecular formula is C18H24N3W-. The van der Waals surface area contributed by atoms with E-state index in [1.165, 1.54) is 5.56 Å². The molecule has 0 saturated heterocycles. The SMILES string of the molecule is CC.CN1Cc2ccccc2C(N)=[C-]c2ccccc21.N.[W]. The molecule has 0 aromatic heterocycles. The van der Waals surface area contributed by atoms with Crippen LogP contribution in [0.25, 0.3) is 5.70 Å². The molecule has 0 unspecified atom stereocenters. The van der Waals surface area contributed by atoms with Crippen LogP contribution in [0.15, 0.2) is 48.5 Å². The third-order valence-electron chi connectivity index (χ3n) is 3.30. The van der Waals surface area contributed by atoms with Crippen LogP contribution >= 0.6 is 0 Å². The van der Waals surface area contributed by atoms with Gasteiger partial charge in [0.2, 0.25) is 0 Å². The first-order chi connectivity index (χ1) is 9.75. The summed E-state index contributed by atoms with van der Waals surface area (Å²) >= 11 is 0. The van der Waals surface area contributed by atoms with Gasteiger partial charge in [-0.15, -0.1) is 23.8 Å². The van der Waals surface area contributed by atoms with E-state index in [1.807, 2.05) is 44.2 Å². The minimum atomic E-state index is 0. The van der Waals surface area contributed by atoms with Crippen LogP contribution in [0.1, 0.15) is 30.5 Å². The van der Waals surface area contributed by atoms with Gasteiger partial charge in [0.05, 0.1) is 0 Å². The minimum Gasteiger partial charge on any atom is -0.413 e. The Morgan fingerprint density at radius 3 is 2.32 bits per heavy atom. The minimum absolute atomic E-state index is 0. The normalized spacial score (nSPS) is 11.8. The molecule has 3 nitrogen and oxygen atoms in total. The van der Waals surface area contributed by atoms with Crippen LogP contribution in [-0.4, -0.2) is 7.05 Å². The summed E-state index contributed by atoms with van der Waals surface area (Å²) in [7, 11) is 2.10. The maximum absolute atomic E-state index is 6.16. The second-order valence-corrected chi connectivity index (χ2v) is 4.57. The van der Waals surface area contributed by atoms with Gasteiger partial charge in [-0.3, -0.25) is 0 Å². The van der Waals surface area contributed by atoms with E-state index in [0.717, 1.165) is 23.4 Å². The van der Waals surface area contributed by atoms with Crippen molar-refractivity contribution in [3.8, 4) is 0 Å². The molecule has 2 aromatic rings. The van der Waals surface area contributed by atoms with Crippen molar-refractivity contribution in [2.75, 3.05) is 11.9 Å². The Kier molecular flexibility index (Phi) is 8.77. The van der Waals surface area contributed by atoms with E-state index in [1.54, 1.807) is 0 Å². The molecule has 0 spiro atoms. The third-order valence-corrected chi connectivity index (χ3v) is 3.30. The monoisotopic (exact) mass is 466 g/mol. The predicted octanol–water partition coefficient (Wildman–Crippen LogP) is 3.97. The van der Waals surface area contributed by atoms with Gasteiger partial charge in [-0.05, 0) is 18.4 Å². The van der Waals surface area contributed by atoms with Crippen LogP contribution in [0.5, 0.6) is 0 Å². The van der Waals surface area contributed by atoms with Gasteiger partial charge in [-0.1, -0.05) is 61.4 Å². The van der Waals surface area contributed by atoms with Gasteiger partial charge in [-0.25, -0.2) is 0 Å². The van der Waals surface area contributed by atoms with Crippen molar-refractivity contribution in [2.24, 2.45) is 5.73 Å². The number of nitrogens with zero attached hydrogens (tertiary/aromatic N) is 1. The summed E-state index contributed by atoms with van der Waals surface area (Å²) in [5.41, 5.74) is 11.4. The molecular weight excluding hydrogens is 442 g/mol. The number of nitrogens with two attached hydrogens (primary N) is 1. The van der Waals surface area contributed by atoms with E-state index in [9.17, 15) is 0 Å². The van der Waals surface area contributed by atoms with Gasteiger partial charge in [0.15, 0.2) is 0 Å². The van der Waals surface area contributed by atoms with E-state index in [2.05, 4.69) is 36.2 Å². The molecule has 1 heterocycles. The number of para-hydroxylation sites is 1. The summed E-state index contributed by atoms with van der Waals surface area (Å²) in [6, 6.07) is 16.4. The van der Waals surface area contributed by atoms with Crippen LogP contribution in [0.3, 0.4) is 0 Å². The average molecular weight is 466 g/mol. The quantitative estimate of drug-likeness (QED) is 0.578. The topological polar surface area (TPSA) is 64.3 Å². The van der Waals surface area contributed by atoms with Crippen LogP contribution in [0, 0.1) is 6.08 Å². The molecule has 22 heavy (non-hydrogen) atoms. The fourth-order valence-electron chi connectivity index (χ4n) is 2.39. The van der Waals surface area contributed by atoms with Gasteiger partial charge >= 0.3 is 0 Å². The molecule has 4 heteroatoms. The van der Waals surface area contributed by atoms with Crippen LogP contribution in [0.2, 0.25) is 0 Å². The van der Waals surface area contributed by atoms with Crippen LogP contribution in [0.4, 0.5) is 5.69 Å². The Bertz CT molecular complexity index is 623. The van der Waals surface area contributed by atoms with Gasteiger partial charge in [0.25, 0.3) is 0 Å². The fourth-order valence-corrected chi connectivity index (χ4v) is 2.39. The molecule has 0 saturated carbocycles. The largest absolute Gasteiger partial charge is 0.413 e. The van der Waals surface area contributed by atoms with Crippen molar-refractivity contribution in [1.82, 2.24) is 6.15 Å². The van der Waals surface area contributed by atoms with Crippen LogP contribution in [-0.2, 0) is 27.6 Å². The zero-order valence-electron chi connectivity index (χ0n) is 13.5. The van der Waals surface area contributed by atoms with Crippen LogP contribution < -0.4 is 16.8 Å². The summed E-state index contributed by atoms with van der Waals surface area (Å²) in [4.78, 5) is 2.23. The molecule has 3 rings (SSSR count). The Labute approximate surface area is 148 Å². The number of anilines is 1. The first-order valence-corrected chi connectivity index (χ1v) is 7.03. The predicted molar refractivity (Wildman–Crippen MR) is 91.3 cm³/mol. The average Bonchev–Trinajstić information content (AvgIpc) is 2.49. The van der Waals surface area contributed by atoms with Crippen molar-refractivity contribution in [3.05, 3.63) is 71.3 Å². The molecule has 1 aliphatic heterocycles. The first-order valence-electron chi connectivity index (χ1n) is 7.03. The summed E-state index contributed by atoms with van der Waals surface area (Å²) in [6.45, 7) is 4.86. The summed E-state index contributed by atoms with van der Waals surface area (Å²) in [5, 5.41) is 0. The Morgan fingerprint density at radius 1 is 1.00 bits per heavy atom. The van der Waals surface area contributed by atoms with Crippen molar-refractivity contribution < 1.29 is 21.1 Å². The Hall–Kier alpha value is -1.57. The molecule has 1 aliphatic rings. The van der Waals surface area contributed by atoms with E-state index in [4.69, 9.17) is 5.73 Å². The maximum atomic E-state index is 6.16. The zero-order chi connectivity index (χ0) is 14.5. The number of benzene rings is 2. The number of fused-ring (bicyclic) bond motifs is 2. The summed E-state index contributed by atoms with van der Waals surface area (Å²) in [5.74, 6) is 0. The van der Waals surface area contributed by atoms with E-state index in [-0.39, 0.29) is 27.2 Å². The van der Waals surface area contributed by atoms with Crippen molar-refractivity contribution >= 4 is 11.4 Å². The molecule has 0 fully saturated rings. The first kappa shape index (κ1) is 20.4. The molecule has 0 radical (unpaired) electrons. The molecule has 0 atom stereocenters. The van der Waals surface area contributed by atoms with E-state index >= 15 is 0 Å². The van der Waals surface area contributed by atoms with Crippen molar-refractivity contribution in [1.29, 1.82) is 0 Å². The molecule has 0 bridgehead atoms. The zero-order valence-corrected chi connectivity index (χ0v) is 16.4. The molecule has 0 amide bonds. The standard InChI is InChI=1S/C16H15N2.C2H6.H3N.W/c1-18-11-13-7-2-4-8-14(13)15(17)10-12-6-3-5-9-16(12)18;1-2;;/h2-9H,11,17H2,1H3;1-2H3;1H3;/q-1;;;. The smallest absolute Gasteiger partial charge is 0.0261 e. The number of hydrogen-bond donors (Lipinski definition) is 2. The maximum Gasteiger partial charge on any atom is 0.0261 e. The molecule has 2 aromatic carbocycles. The van der Waals surface area contributed by atoms with Gasteiger partial charge < -0.3 is 16.8 Å². The number of rotatable bonds is 0. The van der Waals surface area contributed by atoms with Gasteiger partial charge in [-0.2, -0.15) is 0 Å². The van der Waals surface area contributed by atoms with Crippen molar-refractivity contribution in [3.63, 3.8) is 0 Å². The second-order valence-electron chi connectivity index (χ2n) is 4.57. The fraction of sp³-hybridized carbons (Fsp3) is 0.222.